The molecular weight excluding hydrogens is 382 g/mol. The lowest BCUT2D eigenvalue weighted by Gasteiger charge is -2.23. The van der Waals surface area contributed by atoms with Gasteiger partial charge in [-0.2, -0.15) is 0 Å². The van der Waals surface area contributed by atoms with Crippen LogP contribution >= 0.6 is 0 Å². The lowest BCUT2D eigenvalue weighted by molar-refractivity contribution is -0.914. The molecule has 0 unspecified atom stereocenters. The molecule has 0 spiro atoms. The van der Waals surface area contributed by atoms with Gasteiger partial charge in [0.1, 0.15) is 23.8 Å². The maximum atomic E-state index is 13.0. The zero-order valence-electron chi connectivity index (χ0n) is 18.0. The van der Waals surface area contributed by atoms with Crippen molar-refractivity contribution in [3.8, 4) is 23.0 Å². The van der Waals surface area contributed by atoms with E-state index in [2.05, 4.69) is 13.8 Å². The van der Waals surface area contributed by atoms with Gasteiger partial charge in [0.05, 0.1) is 32.9 Å². The third kappa shape index (κ3) is 4.44. The molecule has 0 saturated heterocycles. The monoisotopic (exact) mass is 411 g/mol. The minimum Gasteiger partial charge on any atom is -0.872 e. The number of fused-ring (bicyclic) bond motifs is 1. The lowest BCUT2D eigenvalue weighted by atomic mass is 10.0. The summed E-state index contributed by atoms with van der Waals surface area (Å²) in [5.74, 6) is 1.49. The molecule has 0 amide bonds. The van der Waals surface area contributed by atoms with Crippen LogP contribution in [0.2, 0.25) is 0 Å². The fourth-order valence-electron chi connectivity index (χ4n) is 3.81. The molecular formula is C24H29NO5. The molecule has 1 heterocycles. The van der Waals surface area contributed by atoms with Crippen molar-refractivity contribution < 1.29 is 29.0 Å². The van der Waals surface area contributed by atoms with Crippen molar-refractivity contribution in [3.05, 3.63) is 52.8 Å². The Kier molecular flexibility index (Phi) is 7.00. The number of methoxy groups -OCH3 is 2. The first kappa shape index (κ1) is 21.7. The number of hydrogen-bond acceptors (Lipinski definition) is 5. The van der Waals surface area contributed by atoms with Crippen LogP contribution in [0.5, 0.6) is 23.0 Å². The molecule has 1 aliphatic heterocycles. The van der Waals surface area contributed by atoms with Crippen molar-refractivity contribution in [1.29, 1.82) is 0 Å². The van der Waals surface area contributed by atoms with Gasteiger partial charge in [-0.25, -0.2) is 0 Å². The summed E-state index contributed by atoms with van der Waals surface area (Å²) in [5, 5.41) is 12.6. The zero-order valence-corrected chi connectivity index (χ0v) is 18.0. The number of carbonyl (C=O) groups is 1. The van der Waals surface area contributed by atoms with Crippen molar-refractivity contribution in [2.75, 3.05) is 27.3 Å². The second-order valence-electron chi connectivity index (χ2n) is 7.39. The maximum Gasteiger partial charge on any atom is 0.231 e. The Hall–Kier alpha value is -2.99. The van der Waals surface area contributed by atoms with Gasteiger partial charge in [-0.05, 0) is 43.2 Å². The summed E-state index contributed by atoms with van der Waals surface area (Å²) < 4.78 is 16.6. The number of nitrogens with one attached hydrogen (secondary N) is 1. The Morgan fingerprint density at radius 2 is 1.80 bits per heavy atom. The summed E-state index contributed by atoms with van der Waals surface area (Å²) in [5.41, 5.74) is 1.67. The first-order valence-corrected chi connectivity index (χ1v) is 10.3. The van der Waals surface area contributed by atoms with Crippen LogP contribution in [0.4, 0.5) is 0 Å². The van der Waals surface area contributed by atoms with Gasteiger partial charge >= 0.3 is 0 Å². The number of ether oxygens (including phenoxy) is 3. The molecule has 6 heteroatoms. The molecule has 6 nitrogen and oxygen atoms in total. The second kappa shape index (κ2) is 9.67. The van der Waals surface area contributed by atoms with Crippen LogP contribution in [0.25, 0.3) is 6.08 Å². The number of rotatable bonds is 9. The van der Waals surface area contributed by atoms with Gasteiger partial charge in [-0.15, -0.1) is 0 Å². The highest BCUT2D eigenvalue weighted by molar-refractivity contribution is 6.15. The van der Waals surface area contributed by atoms with Crippen molar-refractivity contribution in [2.24, 2.45) is 0 Å². The number of quaternary nitrogens is 1. The molecule has 160 valence electrons. The smallest absolute Gasteiger partial charge is 0.231 e. The maximum absolute atomic E-state index is 13.0. The molecule has 0 aromatic heterocycles. The molecule has 0 saturated carbocycles. The predicted molar refractivity (Wildman–Crippen MR) is 113 cm³/mol. The van der Waals surface area contributed by atoms with Crippen LogP contribution in [0.15, 0.2) is 36.1 Å². The van der Waals surface area contributed by atoms with Crippen LogP contribution in [-0.2, 0) is 6.54 Å². The number of Topliss-reactive ketones (excluding diaryl/α,β-unsaturated/α-hetero) is 1. The first-order valence-electron chi connectivity index (χ1n) is 10.3. The van der Waals surface area contributed by atoms with E-state index in [-0.39, 0.29) is 17.3 Å². The predicted octanol–water partition coefficient (Wildman–Crippen LogP) is 2.60. The SMILES string of the molecule is CCC[NH+](CCC)Cc1c([O-])ccc2c1OC(=Cc1cc(OC)ccc1OC)C2=O. The normalized spacial score (nSPS) is 14.2. The fourth-order valence-corrected chi connectivity index (χ4v) is 3.81. The van der Waals surface area contributed by atoms with Gasteiger partial charge in [0.15, 0.2) is 5.76 Å². The summed E-state index contributed by atoms with van der Waals surface area (Å²) in [4.78, 5) is 14.3. The van der Waals surface area contributed by atoms with Gasteiger partial charge < -0.3 is 24.2 Å². The molecule has 0 fully saturated rings. The van der Waals surface area contributed by atoms with Crippen LogP contribution in [0.1, 0.15) is 48.2 Å². The highest BCUT2D eigenvalue weighted by atomic mass is 16.5. The Morgan fingerprint density at radius 3 is 2.43 bits per heavy atom. The van der Waals surface area contributed by atoms with Crippen molar-refractivity contribution >= 4 is 11.9 Å². The molecule has 0 bridgehead atoms. The van der Waals surface area contributed by atoms with Gasteiger partial charge in [0.25, 0.3) is 0 Å². The molecule has 2 aromatic carbocycles. The van der Waals surface area contributed by atoms with E-state index in [4.69, 9.17) is 14.2 Å². The highest BCUT2D eigenvalue weighted by Crippen LogP contribution is 2.39. The minimum atomic E-state index is -0.233. The Bertz CT molecular complexity index is 945. The number of ketones is 1. The minimum absolute atomic E-state index is 0.0912. The number of benzene rings is 2. The Labute approximate surface area is 177 Å². The molecule has 0 radical (unpaired) electrons. The van der Waals surface area contributed by atoms with Crippen LogP contribution in [0, 0.1) is 0 Å². The highest BCUT2D eigenvalue weighted by Gasteiger charge is 2.31. The van der Waals surface area contributed by atoms with Crippen LogP contribution in [0.3, 0.4) is 0 Å². The third-order valence-electron chi connectivity index (χ3n) is 5.26. The lowest BCUT2D eigenvalue weighted by Crippen LogP contribution is -3.10. The van der Waals surface area contributed by atoms with Gasteiger partial charge in [0.2, 0.25) is 5.78 Å². The molecule has 3 rings (SSSR count). The fraction of sp³-hybridized carbons (Fsp3) is 0.375. The van der Waals surface area contributed by atoms with E-state index in [0.29, 0.717) is 40.5 Å². The van der Waals surface area contributed by atoms with E-state index < -0.39 is 0 Å². The van der Waals surface area contributed by atoms with E-state index in [0.717, 1.165) is 25.9 Å². The van der Waals surface area contributed by atoms with E-state index >= 15 is 0 Å². The zero-order chi connectivity index (χ0) is 21.7. The molecule has 30 heavy (non-hydrogen) atoms. The van der Waals surface area contributed by atoms with Crippen LogP contribution < -0.4 is 24.2 Å². The Morgan fingerprint density at radius 1 is 1.07 bits per heavy atom. The summed E-state index contributed by atoms with van der Waals surface area (Å²) in [6, 6.07) is 8.37. The second-order valence-corrected chi connectivity index (χ2v) is 7.39. The van der Waals surface area contributed by atoms with E-state index in [1.807, 2.05) is 0 Å². The van der Waals surface area contributed by atoms with Crippen molar-refractivity contribution in [3.63, 3.8) is 0 Å². The Balaban J connectivity index is 1.98. The largest absolute Gasteiger partial charge is 0.872 e. The van der Waals surface area contributed by atoms with Crippen molar-refractivity contribution in [1.82, 2.24) is 0 Å². The number of allylic oxidation sites excluding steroid dienone is 1. The van der Waals surface area contributed by atoms with Gasteiger partial charge in [-0.3, -0.25) is 4.79 Å². The molecule has 0 aliphatic carbocycles. The molecule has 1 aliphatic rings. The topological polar surface area (TPSA) is 72.3 Å². The molecule has 2 aromatic rings. The van der Waals surface area contributed by atoms with Gasteiger partial charge in [-0.1, -0.05) is 25.7 Å². The average Bonchev–Trinajstić information content (AvgIpc) is 3.06. The molecule has 1 N–H and O–H groups in total. The quantitative estimate of drug-likeness (QED) is 0.642. The summed E-state index contributed by atoms with van der Waals surface area (Å²) in [6.45, 7) is 6.74. The standard InChI is InChI=1S/C24H29NO5/c1-5-11-25(12-6-2)15-19-20(26)9-8-18-23(27)22(30-24(18)19)14-16-13-17(28-3)7-10-21(16)29-4/h7-10,13-14,26H,5-6,11-12,15H2,1-4H3. The summed E-state index contributed by atoms with van der Waals surface area (Å²) in [7, 11) is 3.14. The van der Waals surface area contributed by atoms with E-state index in [1.165, 1.54) is 11.0 Å². The first-order chi connectivity index (χ1) is 14.5. The molecule has 0 atom stereocenters. The third-order valence-corrected chi connectivity index (χ3v) is 5.26. The van der Waals surface area contributed by atoms with Gasteiger partial charge in [0, 0.05) is 11.1 Å². The van der Waals surface area contributed by atoms with Crippen LogP contribution in [-0.4, -0.2) is 33.1 Å². The van der Waals surface area contributed by atoms with E-state index in [9.17, 15) is 9.90 Å². The van der Waals surface area contributed by atoms with E-state index in [1.54, 1.807) is 44.6 Å². The van der Waals surface area contributed by atoms with Crippen molar-refractivity contribution in [2.45, 2.75) is 33.2 Å². The number of hydrogen-bond donors (Lipinski definition) is 1. The summed E-state index contributed by atoms with van der Waals surface area (Å²) in [6.07, 6.45) is 3.69. The average molecular weight is 411 g/mol. The number of carbonyl (C=O) groups excluding carboxylic acids is 1. The summed E-state index contributed by atoms with van der Waals surface area (Å²) >= 11 is 0.